The highest BCUT2D eigenvalue weighted by molar-refractivity contribution is 7.89. The molecule has 0 bridgehead atoms. The lowest BCUT2D eigenvalue weighted by molar-refractivity contribution is -0.385. The van der Waals surface area contributed by atoms with E-state index in [1.807, 2.05) is 36.1 Å². The molecule has 1 unspecified atom stereocenters. The van der Waals surface area contributed by atoms with Crippen molar-refractivity contribution in [1.29, 1.82) is 0 Å². The van der Waals surface area contributed by atoms with Crippen molar-refractivity contribution in [2.24, 2.45) is 0 Å². The minimum Gasteiger partial charge on any atom is -0.491 e. The Hall–Kier alpha value is -2.53. The van der Waals surface area contributed by atoms with Gasteiger partial charge in [-0.15, -0.1) is 0 Å². The molecule has 9 nitrogen and oxygen atoms in total. The number of aryl methyl sites for hydroxylation is 1. The summed E-state index contributed by atoms with van der Waals surface area (Å²) < 4.78 is 32.5. The predicted molar refractivity (Wildman–Crippen MR) is 111 cm³/mol. The molecule has 0 aromatic heterocycles. The van der Waals surface area contributed by atoms with Crippen LogP contribution in [0.2, 0.25) is 0 Å². The maximum absolute atomic E-state index is 12.8. The van der Waals surface area contributed by atoms with E-state index in [1.165, 1.54) is 22.5 Å². The Morgan fingerprint density at radius 3 is 2.50 bits per heavy atom. The van der Waals surface area contributed by atoms with Crippen molar-refractivity contribution in [2.75, 3.05) is 39.3 Å². The van der Waals surface area contributed by atoms with Crippen LogP contribution >= 0.6 is 0 Å². The maximum Gasteiger partial charge on any atom is 0.270 e. The Bertz CT molecular complexity index is 990. The summed E-state index contributed by atoms with van der Waals surface area (Å²) in [6, 6.07) is 12.6. The topological polar surface area (TPSA) is 113 Å². The van der Waals surface area contributed by atoms with Crippen LogP contribution in [0.5, 0.6) is 5.75 Å². The lowest BCUT2D eigenvalue weighted by Gasteiger charge is -2.34. The molecule has 0 spiro atoms. The molecular formula is C20H25N3O6S. The number of piperazine rings is 1. The number of ether oxygens (including phenoxy) is 1. The van der Waals surface area contributed by atoms with E-state index in [1.54, 1.807) is 0 Å². The van der Waals surface area contributed by atoms with E-state index in [4.69, 9.17) is 4.74 Å². The molecule has 2 aromatic rings. The second-order valence-electron chi connectivity index (χ2n) is 7.24. The summed E-state index contributed by atoms with van der Waals surface area (Å²) in [5.41, 5.74) is 0.814. The molecule has 10 heteroatoms. The van der Waals surface area contributed by atoms with Gasteiger partial charge >= 0.3 is 0 Å². The molecular weight excluding hydrogens is 410 g/mol. The van der Waals surface area contributed by atoms with E-state index in [-0.39, 0.29) is 30.3 Å². The number of hydrogen-bond donors (Lipinski definition) is 1. The quantitative estimate of drug-likeness (QED) is 0.495. The first-order valence-electron chi connectivity index (χ1n) is 9.60. The molecule has 1 aliphatic heterocycles. The van der Waals surface area contributed by atoms with Crippen LogP contribution in [-0.4, -0.2) is 73.1 Å². The SMILES string of the molecule is Cc1cccc(OCC(O)CN2CCN(S(=O)(=O)c3cccc([N+](=O)[O-])c3)CC2)c1. The van der Waals surface area contributed by atoms with Crippen LogP contribution < -0.4 is 4.74 Å². The van der Waals surface area contributed by atoms with Crippen LogP contribution in [0.1, 0.15) is 5.56 Å². The van der Waals surface area contributed by atoms with Crippen molar-refractivity contribution >= 4 is 15.7 Å². The average molecular weight is 436 g/mol. The van der Waals surface area contributed by atoms with Crippen molar-refractivity contribution in [2.45, 2.75) is 17.9 Å². The van der Waals surface area contributed by atoms with Crippen LogP contribution in [0.15, 0.2) is 53.4 Å². The Balaban J connectivity index is 1.51. The van der Waals surface area contributed by atoms with Crippen LogP contribution in [-0.2, 0) is 10.0 Å². The van der Waals surface area contributed by atoms with E-state index in [9.17, 15) is 23.6 Å². The van der Waals surface area contributed by atoms with Crippen LogP contribution in [0.25, 0.3) is 0 Å². The standard InChI is InChI=1S/C20H25N3O6S/c1-16-4-2-6-19(12-16)29-15-18(24)14-21-8-10-22(11-9-21)30(27,28)20-7-3-5-17(13-20)23(25)26/h2-7,12-13,18,24H,8-11,14-15H2,1H3. The molecule has 1 N–H and O–H groups in total. The molecule has 1 atom stereocenters. The third-order valence-corrected chi connectivity index (χ3v) is 6.79. The van der Waals surface area contributed by atoms with Gasteiger partial charge in [-0.3, -0.25) is 15.0 Å². The largest absolute Gasteiger partial charge is 0.491 e. The molecule has 30 heavy (non-hydrogen) atoms. The van der Waals surface area contributed by atoms with E-state index < -0.39 is 21.1 Å². The number of nitrogens with zero attached hydrogens (tertiary/aromatic N) is 3. The molecule has 162 valence electrons. The Morgan fingerprint density at radius 2 is 1.83 bits per heavy atom. The predicted octanol–water partition coefficient (Wildman–Crippen LogP) is 1.65. The third-order valence-electron chi connectivity index (χ3n) is 4.90. The zero-order chi connectivity index (χ0) is 21.7. The second kappa shape index (κ2) is 9.52. The van der Waals surface area contributed by atoms with Gasteiger partial charge in [-0.25, -0.2) is 8.42 Å². The van der Waals surface area contributed by atoms with Gasteiger partial charge in [0.25, 0.3) is 5.69 Å². The van der Waals surface area contributed by atoms with Gasteiger partial charge in [0.2, 0.25) is 10.0 Å². The van der Waals surface area contributed by atoms with E-state index in [0.717, 1.165) is 11.6 Å². The summed E-state index contributed by atoms with van der Waals surface area (Å²) in [4.78, 5) is 12.2. The number of aliphatic hydroxyl groups is 1. The normalized spacial score (nSPS) is 16.9. The number of non-ortho nitro benzene ring substituents is 1. The lowest BCUT2D eigenvalue weighted by Crippen LogP contribution is -2.50. The number of nitro groups is 1. The van der Waals surface area contributed by atoms with Gasteiger partial charge in [-0.05, 0) is 30.7 Å². The molecule has 1 aliphatic rings. The summed E-state index contributed by atoms with van der Waals surface area (Å²) in [5, 5.41) is 21.2. The number of aliphatic hydroxyl groups excluding tert-OH is 1. The zero-order valence-electron chi connectivity index (χ0n) is 16.7. The van der Waals surface area contributed by atoms with Gasteiger partial charge < -0.3 is 9.84 Å². The lowest BCUT2D eigenvalue weighted by atomic mass is 10.2. The molecule has 0 amide bonds. The highest BCUT2D eigenvalue weighted by atomic mass is 32.2. The smallest absolute Gasteiger partial charge is 0.270 e. The summed E-state index contributed by atoms with van der Waals surface area (Å²) in [6.45, 7) is 3.88. The van der Waals surface area contributed by atoms with Crippen LogP contribution in [0.4, 0.5) is 5.69 Å². The average Bonchev–Trinajstić information content (AvgIpc) is 2.73. The fourth-order valence-electron chi connectivity index (χ4n) is 3.31. The Morgan fingerprint density at radius 1 is 1.13 bits per heavy atom. The van der Waals surface area contributed by atoms with E-state index in [0.29, 0.717) is 25.4 Å². The van der Waals surface area contributed by atoms with E-state index >= 15 is 0 Å². The number of hydrogen-bond acceptors (Lipinski definition) is 7. The van der Waals surface area contributed by atoms with Gasteiger partial charge in [0.1, 0.15) is 18.5 Å². The van der Waals surface area contributed by atoms with Crippen molar-refractivity contribution < 1.29 is 23.2 Å². The molecule has 1 heterocycles. The zero-order valence-corrected chi connectivity index (χ0v) is 17.5. The minimum absolute atomic E-state index is 0.0864. The van der Waals surface area contributed by atoms with Crippen molar-refractivity contribution in [3.8, 4) is 5.75 Å². The number of nitro benzene ring substituents is 1. The van der Waals surface area contributed by atoms with Crippen molar-refractivity contribution in [1.82, 2.24) is 9.21 Å². The second-order valence-corrected chi connectivity index (χ2v) is 9.18. The first kappa shape index (κ1) is 22.2. The molecule has 2 aromatic carbocycles. The fourth-order valence-corrected chi connectivity index (χ4v) is 4.77. The summed E-state index contributed by atoms with van der Waals surface area (Å²) in [6.07, 6.45) is -0.703. The number of β-amino-alcohol motifs (C(OH)–C–C–N with tert-alkyl or cyclic N) is 1. The number of rotatable bonds is 8. The van der Waals surface area contributed by atoms with E-state index in [2.05, 4.69) is 0 Å². The minimum atomic E-state index is -3.81. The number of sulfonamides is 1. The third kappa shape index (κ3) is 5.54. The van der Waals surface area contributed by atoms with Gasteiger partial charge in [0.15, 0.2) is 0 Å². The fraction of sp³-hybridized carbons (Fsp3) is 0.400. The molecule has 1 saturated heterocycles. The monoisotopic (exact) mass is 435 g/mol. The number of benzene rings is 2. The van der Waals surface area contributed by atoms with Crippen LogP contribution in [0, 0.1) is 17.0 Å². The van der Waals surface area contributed by atoms with Gasteiger partial charge in [-0.1, -0.05) is 18.2 Å². The van der Waals surface area contributed by atoms with Crippen LogP contribution in [0.3, 0.4) is 0 Å². The summed E-state index contributed by atoms with van der Waals surface area (Å²) in [5.74, 6) is 0.696. The van der Waals surface area contributed by atoms with Crippen molar-refractivity contribution in [3.05, 3.63) is 64.2 Å². The summed E-state index contributed by atoms with van der Waals surface area (Å²) in [7, 11) is -3.81. The first-order chi connectivity index (χ1) is 14.3. The van der Waals surface area contributed by atoms with Crippen molar-refractivity contribution in [3.63, 3.8) is 0 Å². The summed E-state index contributed by atoms with van der Waals surface area (Å²) >= 11 is 0. The molecule has 0 aliphatic carbocycles. The molecule has 3 rings (SSSR count). The van der Waals surface area contributed by atoms with Gasteiger partial charge in [-0.2, -0.15) is 4.31 Å². The molecule has 0 radical (unpaired) electrons. The highest BCUT2D eigenvalue weighted by Gasteiger charge is 2.30. The van der Waals surface area contributed by atoms with Gasteiger partial charge in [0.05, 0.1) is 9.82 Å². The first-order valence-corrected chi connectivity index (χ1v) is 11.0. The molecule has 0 saturated carbocycles. The Labute approximate surface area is 175 Å². The Kier molecular flexibility index (Phi) is 7.03. The maximum atomic E-state index is 12.8. The molecule has 1 fully saturated rings. The highest BCUT2D eigenvalue weighted by Crippen LogP contribution is 2.22. The van der Waals surface area contributed by atoms with Gasteiger partial charge in [0, 0.05) is 44.9 Å².